The number of anilines is 1. The second-order valence-electron chi connectivity index (χ2n) is 5.65. The Balaban J connectivity index is 2.08. The lowest BCUT2D eigenvalue weighted by Gasteiger charge is -2.41. The van der Waals surface area contributed by atoms with Crippen molar-refractivity contribution in [3.05, 3.63) is 36.0 Å². The molecule has 1 aromatic carbocycles. The molecule has 1 unspecified atom stereocenters. The molecule has 3 rings (SSSR count). The highest BCUT2D eigenvalue weighted by Gasteiger charge is 2.25. The minimum atomic E-state index is 0.374. The van der Waals surface area contributed by atoms with Gasteiger partial charge in [-0.05, 0) is 26.1 Å². The van der Waals surface area contributed by atoms with Gasteiger partial charge in [-0.2, -0.15) is 0 Å². The zero-order chi connectivity index (χ0) is 14.1. The number of aromatic nitrogens is 1. The van der Waals surface area contributed by atoms with Crippen molar-refractivity contribution in [2.24, 2.45) is 5.73 Å². The van der Waals surface area contributed by atoms with Crippen molar-refractivity contribution in [2.75, 3.05) is 38.1 Å². The van der Waals surface area contributed by atoms with Gasteiger partial charge in [0, 0.05) is 42.9 Å². The molecule has 2 heterocycles. The maximum absolute atomic E-state index is 5.99. The van der Waals surface area contributed by atoms with E-state index in [-0.39, 0.29) is 0 Å². The molecule has 1 atom stereocenters. The van der Waals surface area contributed by atoms with Crippen LogP contribution < -0.4 is 10.6 Å². The third-order valence-electron chi connectivity index (χ3n) is 4.09. The summed E-state index contributed by atoms with van der Waals surface area (Å²) in [6.45, 7) is 5.85. The Morgan fingerprint density at radius 1 is 1.30 bits per heavy atom. The first-order valence-electron chi connectivity index (χ1n) is 7.20. The van der Waals surface area contributed by atoms with Crippen LogP contribution in [0.4, 0.5) is 5.69 Å². The number of nitrogens with zero attached hydrogens (tertiary/aromatic N) is 3. The van der Waals surface area contributed by atoms with Gasteiger partial charge in [-0.3, -0.25) is 4.98 Å². The zero-order valence-corrected chi connectivity index (χ0v) is 12.2. The van der Waals surface area contributed by atoms with Crippen LogP contribution in [0.1, 0.15) is 5.69 Å². The lowest BCUT2D eigenvalue weighted by molar-refractivity contribution is 0.270. The van der Waals surface area contributed by atoms with Crippen molar-refractivity contribution in [1.82, 2.24) is 9.88 Å². The summed E-state index contributed by atoms with van der Waals surface area (Å²) < 4.78 is 0. The van der Waals surface area contributed by atoms with Crippen molar-refractivity contribution in [3.8, 4) is 0 Å². The fraction of sp³-hybridized carbons (Fsp3) is 0.438. The molecule has 1 aliphatic rings. The molecule has 0 radical (unpaired) electrons. The Labute approximate surface area is 120 Å². The first kappa shape index (κ1) is 13.3. The van der Waals surface area contributed by atoms with E-state index in [1.807, 2.05) is 6.07 Å². The van der Waals surface area contributed by atoms with Gasteiger partial charge in [0.1, 0.15) is 0 Å². The van der Waals surface area contributed by atoms with Crippen molar-refractivity contribution >= 4 is 16.6 Å². The van der Waals surface area contributed by atoms with Crippen molar-refractivity contribution in [2.45, 2.75) is 13.0 Å². The summed E-state index contributed by atoms with van der Waals surface area (Å²) in [5.41, 5.74) is 9.40. The number of rotatable bonds is 2. The molecule has 0 aliphatic carbocycles. The van der Waals surface area contributed by atoms with Crippen LogP contribution in [-0.4, -0.2) is 49.2 Å². The molecule has 0 spiro atoms. The van der Waals surface area contributed by atoms with Gasteiger partial charge in [0.05, 0.1) is 11.6 Å². The largest absolute Gasteiger partial charge is 0.364 e. The number of likely N-dealkylation sites (N-methyl/N-ethyl adjacent to an activating group) is 1. The summed E-state index contributed by atoms with van der Waals surface area (Å²) in [6, 6.07) is 10.9. The molecule has 106 valence electrons. The quantitative estimate of drug-likeness (QED) is 0.901. The van der Waals surface area contributed by atoms with Gasteiger partial charge < -0.3 is 15.5 Å². The van der Waals surface area contributed by atoms with Crippen LogP contribution in [0, 0.1) is 6.92 Å². The Morgan fingerprint density at radius 2 is 2.10 bits per heavy atom. The third-order valence-corrected chi connectivity index (χ3v) is 4.09. The van der Waals surface area contributed by atoms with E-state index >= 15 is 0 Å². The lowest BCUT2D eigenvalue weighted by atomic mass is 10.1. The van der Waals surface area contributed by atoms with E-state index in [1.165, 1.54) is 11.1 Å². The van der Waals surface area contributed by atoms with Crippen LogP contribution in [0.5, 0.6) is 0 Å². The molecule has 0 saturated carbocycles. The lowest BCUT2D eigenvalue weighted by Crippen LogP contribution is -2.55. The molecule has 4 nitrogen and oxygen atoms in total. The number of fused-ring (bicyclic) bond motifs is 1. The van der Waals surface area contributed by atoms with Gasteiger partial charge in [-0.25, -0.2) is 0 Å². The first-order chi connectivity index (χ1) is 9.69. The number of piperazine rings is 1. The number of hydrogen-bond acceptors (Lipinski definition) is 4. The second kappa shape index (κ2) is 5.38. The summed E-state index contributed by atoms with van der Waals surface area (Å²) in [7, 11) is 2.16. The molecular formula is C16H22N4. The minimum Gasteiger partial charge on any atom is -0.364 e. The van der Waals surface area contributed by atoms with Gasteiger partial charge >= 0.3 is 0 Å². The Bertz CT molecular complexity index is 610. The fourth-order valence-electron chi connectivity index (χ4n) is 3.05. The Hall–Kier alpha value is -1.65. The molecule has 1 aromatic heterocycles. The standard InChI is InChI=1S/C16H22N4/c1-12-9-16(14-5-3-4-6-15(14)18-12)20-8-7-19(2)11-13(20)10-17/h3-6,9,13H,7-8,10-11,17H2,1-2H3. The highest BCUT2D eigenvalue weighted by molar-refractivity contribution is 5.92. The molecule has 1 fully saturated rings. The number of pyridine rings is 1. The van der Waals surface area contributed by atoms with Crippen molar-refractivity contribution < 1.29 is 0 Å². The average molecular weight is 270 g/mol. The van der Waals surface area contributed by atoms with E-state index < -0.39 is 0 Å². The predicted molar refractivity (Wildman–Crippen MR) is 84.2 cm³/mol. The van der Waals surface area contributed by atoms with Crippen molar-refractivity contribution in [1.29, 1.82) is 0 Å². The van der Waals surface area contributed by atoms with Gasteiger partial charge in [0.2, 0.25) is 0 Å². The van der Waals surface area contributed by atoms with Gasteiger partial charge in [0.25, 0.3) is 0 Å². The van der Waals surface area contributed by atoms with Gasteiger partial charge in [0.15, 0.2) is 0 Å². The molecule has 2 N–H and O–H groups in total. The zero-order valence-electron chi connectivity index (χ0n) is 12.2. The molecule has 0 bridgehead atoms. The maximum Gasteiger partial charge on any atom is 0.0726 e. The summed E-state index contributed by atoms with van der Waals surface area (Å²) in [6.07, 6.45) is 0. The first-order valence-corrected chi connectivity index (χ1v) is 7.20. The smallest absolute Gasteiger partial charge is 0.0726 e. The summed E-state index contributed by atoms with van der Waals surface area (Å²) in [5.74, 6) is 0. The van der Waals surface area contributed by atoms with E-state index in [0.717, 1.165) is 30.8 Å². The summed E-state index contributed by atoms with van der Waals surface area (Å²) in [4.78, 5) is 9.44. The Kier molecular flexibility index (Phi) is 3.59. The van der Waals surface area contributed by atoms with E-state index in [1.54, 1.807) is 0 Å². The molecule has 20 heavy (non-hydrogen) atoms. The molecule has 0 amide bonds. The number of nitrogens with two attached hydrogens (primary N) is 1. The summed E-state index contributed by atoms with van der Waals surface area (Å²) in [5, 5.41) is 1.22. The topological polar surface area (TPSA) is 45.4 Å². The molecule has 1 aliphatic heterocycles. The Morgan fingerprint density at radius 3 is 2.90 bits per heavy atom. The average Bonchev–Trinajstić information content (AvgIpc) is 2.46. The SMILES string of the molecule is Cc1cc(N2CCN(C)CC2CN)c2ccccc2n1. The molecular weight excluding hydrogens is 248 g/mol. The van der Waals surface area contributed by atoms with Crippen LogP contribution in [0.15, 0.2) is 30.3 Å². The third kappa shape index (κ3) is 2.37. The van der Waals surface area contributed by atoms with Crippen LogP contribution in [0.25, 0.3) is 10.9 Å². The number of para-hydroxylation sites is 1. The van der Waals surface area contributed by atoms with Crippen LogP contribution >= 0.6 is 0 Å². The van der Waals surface area contributed by atoms with E-state index in [9.17, 15) is 0 Å². The highest BCUT2D eigenvalue weighted by Crippen LogP contribution is 2.29. The van der Waals surface area contributed by atoms with Gasteiger partial charge in [-0.15, -0.1) is 0 Å². The van der Waals surface area contributed by atoms with Gasteiger partial charge in [-0.1, -0.05) is 18.2 Å². The van der Waals surface area contributed by atoms with E-state index in [4.69, 9.17) is 5.73 Å². The normalized spacial score (nSPS) is 20.6. The highest BCUT2D eigenvalue weighted by atomic mass is 15.3. The fourth-order valence-corrected chi connectivity index (χ4v) is 3.05. The number of benzene rings is 1. The van der Waals surface area contributed by atoms with Crippen molar-refractivity contribution in [3.63, 3.8) is 0 Å². The van der Waals surface area contributed by atoms with Crippen LogP contribution in [0.3, 0.4) is 0 Å². The van der Waals surface area contributed by atoms with Crippen LogP contribution in [0.2, 0.25) is 0 Å². The minimum absolute atomic E-state index is 0.374. The van der Waals surface area contributed by atoms with Crippen LogP contribution in [-0.2, 0) is 0 Å². The molecule has 4 heteroatoms. The number of hydrogen-bond donors (Lipinski definition) is 1. The maximum atomic E-state index is 5.99. The monoisotopic (exact) mass is 270 g/mol. The molecule has 1 saturated heterocycles. The predicted octanol–water partition coefficient (Wildman–Crippen LogP) is 1.62. The van der Waals surface area contributed by atoms with E-state index in [0.29, 0.717) is 12.6 Å². The summed E-state index contributed by atoms with van der Waals surface area (Å²) >= 11 is 0. The second-order valence-corrected chi connectivity index (χ2v) is 5.65. The molecule has 2 aromatic rings. The van der Waals surface area contributed by atoms with E-state index in [2.05, 4.69) is 53.0 Å². The number of aryl methyl sites for hydroxylation is 1.